The third-order valence-electron chi connectivity index (χ3n) is 5.23. The Morgan fingerprint density at radius 3 is 2.46 bits per heavy atom. The summed E-state index contributed by atoms with van der Waals surface area (Å²) in [4.78, 5) is 2.50. The third kappa shape index (κ3) is 4.33. The zero-order valence-corrected chi connectivity index (χ0v) is 17.4. The molecule has 5 heteroatoms. The molecule has 0 bridgehead atoms. The minimum Gasteiger partial charge on any atom is -0.295 e. The quantitative estimate of drug-likeness (QED) is 0.513. The first kappa shape index (κ1) is 19.3. The van der Waals surface area contributed by atoms with Crippen LogP contribution in [0.1, 0.15) is 18.1 Å². The van der Waals surface area contributed by atoms with Gasteiger partial charge in [0, 0.05) is 43.3 Å². The first-order valence-corrected chi connectivity index (χ1v) is 10.3. The molecule has 0 N–H and O–H groups in total. The highest BCUT2D eigenvalue weighted by Gasteiger charge is 2.17. The van der Waals surface area contributed by atoms with Gasteiger partial charge in [0.15, 0.2) is 0 Å². The summed E-state index contributed by atoms with van der Waals surface area (Å²) >= 11 is 12.3. The van der Waals surface area contributed by atoms with E-state index in [4.69, 9.17) is 28.3 Å². The van der Waals surface area contributed by atoms with E-state index >= 15 is 0 Å². The number of hydrazone groups is 1. The van der Waals surface area contributed by atoms with Gasteiger partial charge >= 0.3 is 0 Å². The van der Waals surface area contributed by atoms with E-state index in [2.05, 4.69) is 52.4 Å². The first-order chi connectivity index (χ1) is 13.6. The molecule has 1 aliphatic rings. The molecule has 28 heavy (non-hydrogen) atoms. The molecule has 0 atom stereocenters. The van der Waals surface area contributed by atoms with Crippen LogP contribution in [-0.4, -0.2) is 41.8 Å². The normalized spacial score (nSPS) is 16.0. The average molecular weight is 412 g/mol. The molecular formula is C23H23Cl2N3. The van der Waals surface area contributed by atoms with Crippen molar-refractivity contribution < 1.29 is 0 Å². The van der Waals surface area contributed by atoms with Crippen LogP contribution in [0, 0.1) is 0 Å². The fourth-order valence-electron chi connectivity index (χ4n) is 3.72. The molecule has 0 unspecified atom stereocenters. The van der Waals surface area contributed by atoms with Crippen LogP contribution in [0.3, 0.4) is 0 Å². The maximum Gasteiger partial charge on any atom is 0.0661 e. The van der Waals surface area contributed by atoms with E-state index in [9.17, 15) is 0 Å². The molecule has 0 aromatic heterocycles. The Balaban J connectivity index is 1.40. The standard InChI is InChI=1S/C23H23Cl2N3/c1-17(21-10-9-20(24)15-23(21)25)26-28-13-11-27(12-14-28)16-19-7-4-6-18-5-2-3-8-22(18)19/h2-10,15H,11-14,16H2,1H3. The van der Waals surface area contributed by atoms with Crippen molar-refractivity contribution >= 4 is 39.7 Å². The lowest BCUT2D eigenvalue weighted by Crippen LogP contribution is -2.43. The van der Waals surface area contributed by atoms with Gasteiger partial charge in [-0.25, -0.2) is 0 Å². The van der Waals surface area contributed by atoms with Crippen molar-refractivity contribution in [1.29, 1.82) is 0 Å². The highest BCUT2D eigenvalue weighted by Crippen LogP contribution is 2.23. The number of hydrogen-bond donors (Lipinski definition) is 0. The molecule has 1 fully saturated rings. The number of nitrogens with zero attached hydrogens (tertiary/aromatic N) is 3. The van der Waals surface area contributed by atoms with Crippen LogP contribution in [0.5, 0.6) is 0 Å². The molecule has 3 aromatic carbocycles. The Hall–Kier alpha value is -2.07. The zero-order chi connectivity index (χ0) is 19.5. The van der Waals surface area contributed by atoms with Crippen molar-refractivity contribution in [1.82, 2.24) is 9.91 Å². The SMILES string of the molecule is CC(=NN1CCN(Cc2cccc3ccccc23)CC1)c1ccc(Cl)cc1Cl. The Morgan fingerprint density at radius 1 is 0.929 bits per heavy atom. The van der Waals surface area contributed by atoms with Crippen LogP contribution in [0.15, 0.2) is 65.8 Å². The summed E-state index contributed by atoms with van der Waals surface area (Å²) in [6.07, 6.45) is 0. The Morgan fingerprint density at radius 2 is 1.68 bits per heavy atom. The van der Waals surface area contributed by atoms with E-state index in [0.29, 0.717) is 10.0 Å². The summed E-state index contributed by atoms with van der Waals surface area (Å²) in [5.74, 6) is 0. The molecule has 1 aliphatic heterocycles. The van der Waals surface area contributed by atoms with Crippen molar-refractivity contribution in [3.63, 3.8) is 0 Å². The Labute approximate surface area is 176 Å². The number of hydrogen-bond acceptors (Lipinski definition) is 3. The lowest BCUT2D eigenvalue weighted by molar-refractivity contribution is 0.131. The van der Waals surface area contributed by atoms with Crippen molar-refractivity contribution in [2.45, 2.75) is 13.5 Å². The van der Waals surface area contributed by atoms with Crippen LogP contribution >= 0.6 is 23.2 Å². The molecule has 0 amide bonds. The van der Waals surface area contributed by atoms with Crippen LogP contribution in [0.25, 0.3) is 10.8 Å². The van der Waals surface area contributed by atoms with E-state index in [-0.39, 0.29) is 0 Å². The number of halogens is 2. The summed E-state index contributed by atoms with van der Waals surface area (Å²) in [6.45, 7) is 6.78. The van der Waals surface area contributed by atoms with Crippen molar-refractivity contribution in [2.24, 2.45) is 5.10 Å². The number of piperazine rings is 1. The van der Waals surface area contributed by atoms with Crippen molar-refractivity contribution in [3.05, 3.63) is 81.8 Å². The van der Waals surface area contributed by atoms with Crippen LogP contribution in [0.4, 0.5) is 0 Å². The number of benzene rings is 3. The summed E-state index contributed by atoms with van der Waals surface area (Å²) in [5, 5.41) is 10.9. The van der Waals surface area contributed by atoms with Crippen LogP contribution in [-0.2, 0) is 6.54 Å². The molecule has 1 heterocycles. The topological polar surface area (TPSA) is 18.8 Å². The van der Waals surface area contributed by atoms with E-state index in [1.165, 1.54) is 16.3 Å². The van der Waals surface area contributed by atoms with E-state index < -0.39 is 0 Å². The molecule has 3 nitrogen and oxygen atoms in total. The van der Waals surface area contributed by atoms with Gasteiger partial charge in [-0.15, -0.1) is 0 Å². The van der Waals surface area contributed by atoms with E-state index in [0.717, 1.165) is 44.0 Å². The monoisotopic (exact) mass is 411 g/mol. The smallest absolute Gasteiger partial charge is 0.0661 e. The van der Waals surface area contributed by atoms with Crippen LogP contribution < -0.4 is 0 Å². The van der Waals surface area contributed by atoms with Gasteiger partial charge < -0.3 is 0 Å². The van der Waals surface area contributed by atoms with Gasteiger partial charge in [0.05, 0.1) is 10.7 Å². The lowest BCUT2D eigenvalue weighted by atomic mass is 10.0. The van der Waals surface area contributed by atoms with E-state index in [1.807, 2.05) is 19.1 Å². The molecule has 3 aromatic rings. The second kappa shape index (κ2) is 8.52. The third-order valence-corrected chi connectivity index (χ3v) is 5.78. The molecule has 144 valence electrons. The minimum absolute atomic E-state index is 0.642. The van der Waals surface area contributed by atoms with Gasteiger partial charge in [0.1, 0.15) is 0 Å². The van der Waals surface area contributed by atoms with Gasteiger partial charge in [0.25, 0.3) is 0 Å². The fraction of sp³-hybridized carbons (Fsp3) is 0.261. The van der Waals surface area contributed by atoms with Crippen LogP contribution in [0.2, 0.25) is 10.0 Å². The van der Waals surface area contributed by atoms with Gasteiger partial charge in [-0.05, 0) is 35.4 Å². The van der Waals surface area contributed by atoms with E-state index in [1.54, 1.807) is 6.07 Å². The average Bonchev–Trinajstić information content (AvgIpc) is 2.69. The minimum atomic E-state index is 0.642. The predicted octanol–water partition coefficient (Wildman–Crippen LogP) is 5.69. The van der Waals surface area contributed by atoms with Gasteiger partial charge in [-0.3, -0.25) is 9.91 Å². The maximum atomic E-state index is 6.31. The lowest BCUT2D eigenvalue weighted by Gasteiger charge is -2.33. The summed E-state index contributed by atoms with van der Waals surface area (Å²) in [6, 6.07) is 20.7. The Kier molecular flexibility index (Phi) is 5.86. The fourth-order valence-corrected chi connectivity index (χ4v) is 4.26. The molecule has 0 spiro atoms. The van der Waals surface area contributed by atoms with Gasteiger partial charge in [-0.2, -0.15) is 5.10 Å². The Bertz CT molecular complexity index is 1000. The molecule has 0 radical (unpaired) electrons. The zero-order valence-electron chi connectivity index (χ0n) is 15.9. The van der Waals surface area contributed by atoms with Gasteiger partial charge in [-0.1, -0.05) is 71.7 Å². The summed E-state index contributed by atoms with van der Waals surface area (Å²) in [7, 11) is 0. The molecule has 0 aliphatic carbocycles. The highest BCUT2D eigenvalue weighted by atomic mass is 35.5. The maximum absolute atomic E-state index is 6.31. The number of rotatable bonds is 4. The molecule has 4 rings (SSSR count). The highest BCUT2D eigenvalue weighted by molar-refractivity contribution is 6.37. The molecule has 1 saturated heterocycles. The van der Waals surface area contributed by atoms with Crippen molar-refractivity contribution in [3.8, 4) is 0 Å². The summed E-state index contributed by atoms with van der Waals surface area (Å²) < 4.78 is 0. The van der Waals surface area contributed by atoms with Crippen molar-refractivity contribution in [2.75, 3.05) is 26.2 Å². The second-order valence-electron chi connectivity index (χ2n) is 7.18. The first-order valence-electron chi connectivity index (χ1n) is 9.55. The van der Waals surface area contributed by atoms with Gasteiger partial charge in [0.2, 0.25) is 0 Å². The second-order valence-corrected chi connectivity index (χ2v) is 8.02. The summed E-state index contributed by atoms with van der Waals surface area (Å²) in [5.41, 5.74) is 3.24. The number of fused-ring (bicyclic) bond motifs is 1. The molecular weight excluding hydrogens is 389 g/mol. The molecule has 0 saturated carbocycles. The largest absolute Gasteiger partial charge is 0.295 e. The predicted molar refractivity (Wildman–Crippen MR) is 119 cm³/mol.